The monoisotopic (exact) mass is 353 g/mol. The number of benzene rings is 2. The topological polar surface area (TPSA) is 70.7 Å². The maximum Gasteiger partial charge on any atom is 0.266 e. The third-order valence-electron chi connectivity index (χ3n) is 4.27. The number of ether oxygens (including phenoxy) is 1. The number of nitrogens with one attached hydrogen (secondary N) is 2. The average Bonchev–Trinajstić information content (AvgIpc) is 2.63. The lowest BCUT2D eigenvalue weighted by Crippen LogP contribution is -2.41. The van der Waals surface area contributed by atoms with Gasteiger partial charge in [0.15, 0.2) is 6.10 Å². The summed E-state index contributed by atoms with van der Waals surface area (Å²) in [7, 11) is 3.99. The molecule has 0 bridgehead atoms. The highest BCUT2D eigenvalue weighted by Gasteiger charge is 2.29. The Bertz CT molecular complexity index is 787. The van der Waals surface area contributed by atoms with Crippen LogP contribution in [0.15, 0.2) is 48.5 Å². The molecule has 0 saturated heterocycles. The molecular weight excluding hydrogens is 330 g/mol. The Kier molecular flexibility index (Phi) is 5.41. The molecule has 0 aromatic heterocycles. The molecule has 26 heavy (non-hydrogen) atoms. The van der Waals surface area contributed by atoms with E-state index in [1.165, 1.54) is 0 Å². The number of rotatable bonds is 6. The summed E-state index contributed by atoms with van der Waals surface area (Å²) in [4.78, 5) is 26.2. The molecule has 0 spiro atoms. The summed E-state index contributed by atoms with van der Waals surface area (Å²) < 4.78 is 5.64. The number of nitrogens with zero attached hydrogens (tertiary/aromatic N) is 1. The van der Waals surface area contributed by atoms with Crippen LogP contribution in [0.3, 0.4) is 0 Å². The molecule has 1 aliphatic rings. The third kappa shape index (κ3) is 4.33. The summed E-state index contributed by atoms with van der Waals surface area (Å²) in [5.74, 6) is 0.0958. The number of hydrogen-bond acceptors (Lipinski definition) is 4. The zero-order valence-electron chi connectivity index (χ0n) is 15.0. The summed E-state index contributed by atoms with van der Waals surface area (Å²) in [5, 5.41) is 5.61. The fourth-order valence-corrected chi connectivity index (χ4v) is 2.77. The molecule has 2 aromatic carbocycles. The lowest BCUT2D eigenvalue weighted by Gasteiger charge is -2.25. The standard InChI is InChI=1S/C20H23N3O3/c1-23(2)15-9-7-14(8-10-15)11-12-21-19(24)13-18-20(25)22-16-5-3-4-6-17(16)26-18/h3-10,18H,11-13H2,1-2H3,(H,21,24)(H,22,25)/t18-/m1/s1. The molecule has 0 aliphatic carbocycles. The summed E-state index contributed by atoms with van der Waals surface area (Å²) >= 11 is 0. The first-order valence-electron chi connectivity index (χ1n) is 8.62. The van der Waals surface area contributed by atoms with Gasteiger partial charge < -0.3 is 20.3 Å². The van der Waals surface area contributed by atoms with Crippen molar-refractivity contribution in [2.24, 2.45) is 0 Å². The average molecular weight is 353 g/mol. The van der Waals surface area contributed by atoms with E-state index in [1.807, 2.05) is 31.1 Å². The zero-order chi connectivity index (χ0) is 18.5. The van der Waals surface area contributed by atoms with Gasteiger partial charge in [-0.15, -0.1) is 0 Å². The van der Waals surface area contributed by atoms with Crippen LogP contribution in [-0.4, -0.2) is 38.6 Å². The minimum Gasteiger partial charge on any atom is -0.478 e. The van der Waals surface area contributed by atoms with Crippen LogP contribution in [0.25, 0.3) is 0 Å². The van der Waals surface area contributed by atoms with Crippen molar-refractivity contribution in [3.8, 4) is 5.75 Å². The SMILES string of the molecule is CN(C)c1ccc(CCNC(=O)C[C@H]2Oc3ccccc3NC2=O)cc1. The fraction of sp³-hybridized carbons (Fsp3) is 0.300. The lowest BCUT2D eigenvalue weighted by atomic mass is 10.1. The van der Waals surface area contributed by atoms with Crippen molar-refractivity contribution < 1.29 is 14.3 Å². The summed E-state index contributed by atoms with van der Waals surface area (Å²) in [6.45, 7) is 0.519. The van der Waals surface area contributed by atoms with Crippen LogP contribution in [0.4, 0.5) is 11.4 Å². The Morgan fingerprint density at radius 3 is 2.62 bits per heavy atom. The van der Waals surface area contributed by atoms with Gasteiger partial charge >= 0.3 is 0 Å². The first-order chi connectivity index (χ1) is 12.5. The predicted molar refractivity (Wildman–Crippen MR) is 102 cm³/mol. The maximum atomic E-state index is 12.1. The van der Waals surface area contributed by atoms with Gasteiger partial charge in [-0.1, -0.05) is 24.3 Å². The van der Waals surface area contributed by atoms with Gasteiger partial charge in [0, 0.05) is 26.3 Å². The molecule has 3 rings (SSSR count). The highest BCUT2D eigenvalue weighted by molar-refractivity contribution is 5.99. The smallest absolute Gasteiger partial charge is 0.266 e. The largest absolute Gasteiger partial charge is 0.478 e. The zero-order valence-corrected chi connectivity index (χ0v) is 15.0. The quantitative estimate of drug-likeness (QED) is 0.835. The number of para-hydroxylation sites is 2. The van der Waals surface area contributed by atoms with E-state index in [9.17, 15) is 9.59 Å². The van der Waals surface area contributed by atoms with Crippen molar-refractivity contribution in [2.45, 2.75) is 18.9 Å². The normalized spacial score (nSPS) is 15.5. The van der Waals surface area contributed by atoms with E-state index in [1.54, 1.807) is 12.1 Å². The molecule has 6 heteroatoms. The minimum absolute atomic E-state index is 0.000263. The van der Waals surface area contributed by atoms with Crippen molar-refractivity contribution in [3.63, 3.8) is 0 Å². The van der Waals surface area contributed by atoms with Crippen LogP contribution in [-0.2, 0) is 16.0 Å². The Balaban J connectivity index is 1.46. The molecule has 2 aromatic rings. The molecule has 0 unspecified atom stereocenters. The second-order valence-electron chi connectivity index (χ2n) is 6.46. The second kappa shape index (κ2) is 7.91. The van der Waals surface area contributed by atoms with Gasteiger partial charge in [0.2, 0.25) is 5.91 Å². The van der Waals surface area contributed by atoms with Crippen molar-refractivity contribution in [1.29, 1.82) is 0 Å². The van der Waals surface area contributed by atoms with E-state index in [4.69, 9.17) is 4.74 Å². The minimum atomic E-state index is -0.802. The van der Waals surface area contributed by atoms with Crippen LogP contribution >= 0.6 is 0 Å². The predicted octanol–water partition coefficient (Wildman–Crippen LogP) is 2.20. The van der Waals surface area contributed by atoms with Gasteiger partial charge in [-0.2, -0.15) is 0 Å². The van der Waals surface area contributed by atoms with Gasteiger partial charge in [0.05, 0.1) is 12.1 Å². The van der Waals surface area contributed by atoms with Crippen LogP contribution in [0.2, 0.25) is 0 Å². The van der Waals surface area contributed by atoms with Crippen molar-refractivity contribution in [1.82, 2.24) is 5.32 Å². The fourth-order valence-electron chi connectivity index (χ4n) is 2.77. The van der Waals surface area contributed by atoms with Crippen LogP contribution in [0, 0.1) is 0 Å². The molecule has 1 aliphatic heterocycles. The highest BCUT2D eigenvalue weighted by Crippen LogP contribution is 2.29. The number of carbonyl (C=O) groups excluding carboxylic acids is 2. The summed E-state index contributed by atoms with van der Waals surface area (Å²) in [6, 6.07) is 15.4. The van der Waals surface area contributed by atoms with Gasteiger partial charge in [0.1, 0.15) is 5.75 Å². The maximum absolute atomic E-state index is 12.1. The molecule has 6 nitrogen and oxygen atoms in total. The van der Waals surface area contributed by atoms with E-state index in [0.29, 0.717) is 18.0 Å². The van der Waals surface area contributed by atoms with Crippen molar-refractivity contribution in [2.75, 3.05) is 30.9 Å². The van der Waals surface area contributed by atoms with Crippen LogP contribution in [0.1, 0.15) is 12.0 Å². The summed E-state index contributed by atoms with van der Waals surface area (Å²) in [5.41, 5.74) is 2.92. The number of fused-ring (bicyclic) bond motifs is 1. The third-order valence-corrected chi connectivity index (χ3v) is 4.27. The second-order valence-corrected chi connectivity index (χ2v) is 6.46. The molecule has 1 heterocycles. The van der Waals surface area contributed by atoms with E-state index < -0.39 is 6.10 Å². The first-order valence-corrected chi connectivity index (χ1v) is 8.62. The van der Waals surface area contributed by atoms with Gasteiger partial charge in [-0.3, -0.25) is 9.59 Å². The lowest BCUT2D eigenvalue weighted by molar-refractivity contribution is -0.130. The van der Waals surface area contributed by atoms with Crippen molar-refractivity contribution in [3.05, 3.63) is 54.1 Å². The number of carbonyl (C=O) groups is 2. The highest BCUT2D eigenvalue weighted by atomic mass is 16.5. The summed E-state index contributed by atoms with van der Waals surface area (Å²) in [6.07, 6.45) is -0.0657. The van der Waals surface area contributed by atoms with Gasteiger partial charge in [-0.05, 0) is 36.2 Å². The van der Waals surface area contributed by atoms with Gasteiger partial charge in [-0.25, -0.2) is 0 Å². The van der Waals surface area contributed by atoms with E-state index in [2.05, 4.69) is 34.9 Å². The molecule has 136 valence electrons. The van der Waals surface area contributed by atoms with E-state index in [0.717, 1.165) is 17.7 Å². The Morgan fingerprint density at radius 2 is 1.88 bits per heavy atom. The molecule has 0 radical (unpaired) electrons. The molecule has 1 atom stereocenters. The molecule has 2 N–H and O–H groups in total. The molecule has 2 amide bonds. The van der Waals surface area contributed by atoms with E-state index >= 15 is 0 Å². The number of hydrogen-bond donors (Lipinski definition) is 2. The van der Waals surface area contributed by atoms with Crippen LogP contribution in [0.5, 0.6) is 5.75 Å². The van der Waals surface area contributed by atoms with Crippen molar-refractivity contribution >= 4 is 23.2 Å². The Morgan fingerprint density at radius 1 is 1.15 bits per heavy atom. The number of anilines is 2. The Hall–Kier alpha value is -3.02. The molecule has 0 fully saturated rings. The first kappa shape index (κ1) is 17.8. The number of amides is 2. The van der Waals surface area contributed by atoms with Gasteiger partial charge in [0.25, 0.3) is 5.91 Å². The van der Waals surface area contributed by atoms with Crippen LogP contribution < -0.4 is 20.3 Å². The van der Waals surface area contributed by atoms with E-state index in [-0.39, 0.29) is 18.2 Å². The Labute approximate surface area is 153 Å². The molecular formula is C20H23N3O3. The molecule has 0 saturated carbocycles.